The minimum Gasteiger partial charge on any atom is -0.491 e. The van der Waals surface area contributed by atoms with Crippen LogP contribution >= 0.6 is 0 Å². The quantitative estimate of drug-likeness (QED) is 0.500. The summed E-state index contributed by atoms with van der Waals surface area (Å²) >= 11 is 0. The first-order chi connectivity index (χ1) is 15.0. The number of hydrogen-bond acceptors (Lipinski definition) is 6. The molecule has 0 saturated carbocycles. The van der Waals surface area contributed by atoms with E-state index in [-0.39, 0.29) is 28.6 Å². The summed E-state index contributed by atoms with van der Waals surface area (Å²) in [6, 6.07) is 15.2. The molecule has 0 amide bonds. The van der Waals surface area contributed by atoms with E-state index in [9.17, 15) is 13.6 Å². The molecule has 156 valence electrons. The molecule has 0 unspecified atom stereocenters. The maximum Gasteiger partial charge on any atom is 0.586 e. The Balaban J connectivity index is 1.71. The van der Waals surface area contributed by atoms with E-state index in [1.165, 1.54) is 42.4 Å². The fourth-order valence-electron chi connectivity index (χ4n) is 3.30. The second-order valence-corrected chi connectivity index (χ2v) is 6.56. The van der Waals surface area contributed by atoms with Gasteiger partial charge in [0.2, 0.25) is 0 Å². The second kappa shape index (κ2) is 6.94. The van der Waals surface area contributed by atoms with Gasteiger partial charge >= 0.3 is 6.29 Å². The van der Waals surface area contributed by atoms with Crippen LogP contribution in [0.25, 0.3) is 22.8 Å². The number of benzene rings is 2. The van der Waals surface area contributed by atoms with Gasteiger partial charge in [0, 0.05) is 0 Å². The highest BCUT2D eigenvalue weighted by Crippen LogP contribution is 2.44. The Morgan fingerprint density at radius 2 is 1.84 bits per heavy atom. The standard InChI is InChI=1S/C21H14F2N4O4/c1-29-17-12-26(15-8-5-9-16-20(15)31-21(22,23)30-16)25-18(19(17)28)14-10-11-24-27(14)13-6-3-2-4-7-13/h2-12H,1H3. The number of nitrogens with zero attached hydrogens (tertiary/aromatic N) is 4. The van der Waals surface area contributed by atoms with Crippen LogP contribution in [0.4, 0.5) is 8.78 Å². The van der Waals surface area contributed by atoms with Crippen LogP contribution < -0.4 is 19.6 Å². The van der Waals surface area contributed by atoms with E-state index in [2.05, 4.69) is 19.7 Å². The van der Waals surface area contributed by atoms with E-state index in [1.54, 1.807) is 10.7 Å². The highest BCUT2D eigenvalue weighted by molar-refractivity contribution is 5.61. The topological polar surface area (TPSA) is 80.4 Å². The zero-order valence-electron chi connectivity index (χ0n) is 16.0. The molecule has 1 aliphatic heterocycles. The van der Waals surface area contributed by atoms with E-state index in [0.717, 1.165) is 5.69 Å². The number of rotatable bonds is 4. The molecule has 1 aliphatic rings. The van der Waals surface area contributed by atoms with Crippen LogP contribution in [0.5, 0.6) is 17.2 Å². The maximum absolute atomic E-state index is 13.6. The van der Waals surface area contributed by atoms with E-state index in [1.807, 2.05) is 30.3 Å². The fourth-order valence-corrected chi connectivity index (χ4v) is 3.30. The van der Waals surface area contributed by atoms with Crippen LogP contribution in [0.3, 0.4) is 0 Å². The number of fused-ring (bicyclic) bond motifs is 1. The predicted molar refractivity (Wildman–Crippen MR) is 105 cm³/mol. The Morgan fingerprint density at radius 3 is 2.61 bits per heavy atom. The van der Waals surface area contributed by atoms with Crippen LogP contribution in [-0.4, -0.2) is 33.0 Å². The monoisotopic (exact) mass is 424 g/mol. The molecule has 0 N–H and O–H groups in total. The van der Waals surface area contributed by atoms with Crippen molar-refractivity contribution in [2.75, 3.05) is 7.11 Å². The van der Waals surface area contributed by atoms with E-state index < -0.39 is 11.7 Å². The van der Waals surface area contributed by atoms with Gasteiger partial charge in [0.15, 0.2) is 22.9 Å². The van der Waals surface area contributed by atoms with Gasteiger partial charge < -0.3 is 14.2 Å². The number of methoxy groups -OCH3 is 1. The molecular weight excluding hydrogens is 410 g/mol. The number of ether oxygens (including phenoxy) is 3. The van der Waals surface area contributed by atoms with Crippen molar-refractivity contribution >= 4 is 0 Å². The Morgan fingerprint density at radius 1 is 1.03 bits per heavy atom. The molecule has 5 rings (SSSR count). The fraction of sp³-hybridized carbons (Fsp3) is 0.0952. The van der Waals surface area contributed by atoms with Crippen LogP contribution in [0.15, 0.2) is 71.8 Å². The van der Waals surface area contributed by atoms with Gasteiger partial charge in [0.1, 0.15) is 5.69 Å². The molecule has 3 heterocycles. The molecule has 0 bridgehead atoms. The average Bonchev–Trinajstić information content (AvgIpc) is 3.37. The van der Waals surface area contributed by atoms with Crippen LogP contribution in [-0.2, 0) is 0 Å². The van der Waals surface area contributed by atoms with Crippen LogP contribution in [0, 0.1) is 0 Å². The Labute approximate surface area is 173 Å². The van der Waals surface area contributed by atoms with Crippen molar-refractivity contribution in [3.05, 3.63) is 77.2 Å². The number of para-hydroxylation sites is 2. The van der Waals surface area contributed by atoms with Gasteiger partial charge in [-0.05, 0) is 30.3 Å². The van der Waals surface area contributed by atoms with Crippen molar-refractivity contribution in [1.82, 2.24) is 19.6 Å². The van der Waals surface area contributed by atoms with Gasteiger partial charge in [-0.25, -0.2) is 9.36 Å². The maximum atomic E-state index is 13.6. The minimum absolute atomic E-state index is 0.0176. The van der Waals surface area contributed by atoms with Gasteiger partial charge in [0.05, 0.1) is 30.9 Å². The number of hydrogen-bond donors (Lipinski definition) is 0. The Hall–Kier alpha value is -4.21. The third-order valence-electron chi connectivity index (χ3n) is 4.65. The van der Waals surface area contributed by atoms with E-state index in [0.29, 0.717) is 5.69 Å². The largest absolute Gasteiger partial charge is 0.586 e. The van der Waals surface area contributed by atoms with Gasteiger partial charge in [-0.3, -0.25) is 4.79 Å². The molecule has 0 spiro atoms. The Bertz CT molecular complexity index is 1330. The first-order valence-electron chi connectivity index (χ1n) is 9.14. The van der Waals surface area contributed by atoms with Crippen LogP contribution in [0.2, 0.25) is 0 Å². The SMILES string of the molecule is COc1cn(-c2cccc3c2OC(F)(F)O3)nc(-c2ccnn2-c2ccccc2)c1=O. The molecular formula is C21H14F2N4O4. The zero-order valence-corrected chi connectivity index (χ0v) is 16.0. The summed E-state index contributed by atoms with van der Waals surface area (Å²) < 4.78 is 44.4. The minimum atomic E-state index is -3.80. The molecule has 0 aliphatic carbocycles. The summed E-state index contributed by atoms with van der Waals surface area (Å²) in [5, 5.41) is 8.67. The lowest BCUT2D eigenvalue weighted by Gasteiger charge is -2.13. The summed E-state index contributed by atoms with van der Waals surface area (Å²) in [7, 11) is 1.34. The summed E-state index contributed by atoms with van der Waals surface area (Å²) in [6.07, 6.45) is -0.966. The second-order valence-electron chi connectivity index (χ2n) is 6.56. The van der Waals surface area contributed by atoms with Gasteiger partial charge in [-0.2, -0.15) is 10.2 Å². The molecule has 31 heavy (non-hydrogen) atoms. The van der Waals surface area contributed by atoms with Gasteiger partial charge in [0.25, 0.3) is 5.43 Å². The number of aromatic nitrogens is 4. The predicted octanol–water partition coefficient (Wildman–Crippen LogP) is 3.42. The van der Waals surface area contributed by atoms with Crippen molar-refractivity contribution in [2.45, 2.75) is 6.29 Å². The summed E-state index contributed by atoms with van der Waals surface area (Å²) in [4.78, 5) is 13.0. The molecule has 0 radical (unpaired) electrons. The molecule has 4 aromatic rings. The van der Waals surface area contributed by atoms with Crippen molar-refractivity contribution in [3.63, 3.8) is 0 Å². The average molecular weight is 424 g/mol. The lowest BCUT2D eigenvalue weighted by molar-refractivity contribution is -0.286. The molecule has 8 nitrogen and oxygen atoms in total. The zero-order chi connectivity index (χ0) is 21.6. The third kappa shape index (κ3) is 3.18. The molecule has 2 aromatic heterocycles. The molecule has 0 fully saturated rings. The first kappa shape index (κ1) is 18.8. The smallest absolute Gasteiger partial charge is 0.491 e. The van der Waals surface area contributed by atoms with Crippen molar-refractivity contribution in [2.24, 2.45) is 0 Å². The normalized spacial score (nSPS) is 13.9. The molecule has 10 heteroatoms. The van der Waals surface area contributed by atoms with Gasteiger partial charge in [-0.1, -0.05) is 24.3 Å². The Kier molecular flexibility index (Phi) is 4.21. The highest BCUT2D eigenvalue weighted by Gasteiger charge is 2.45. The molecule has 2 aromatic carbocycles. The lowest BCUT2D eigenvalue weighted by atomic mass is 10.2. The number of halogens is 2. The first-order valence-corrected chi connectivity index (χ1v) is 9.14. The summed E-state index contributed by atoms with van der Waals surface area (Å²) in [5.41, 5.74) is 0.810. The van der Waals surface area contributed by atoms with Crippen molar-refractivity contribution in [3.8, 4) is 40.0 Å². The van der Waals surface area contributed by atoms with Gasteiger partial charge in [-0.15, -0.1) is 8.78 Å². The van der Waals surface area contributed by atoms with Crippen LogP contribution in [0.1, 0.15) is 0 Å². The van der Waals surface area contributed by atoms with E-state index in [4.69, 9.17) is 4.74 Å². The summed E-state index contributed by atoms with van der Waals surface area (Å²) in [5.74, 6) is -0.375. The molecule has 0 saturated heterocycles. The lowest BCUT2D eigenvalue weighted by Crippen LogP contribution is -2.26. The van der Waals surface area contributed by atoms with Crippen molar-refractivity contribution in [1.29, 1.82) is 0 Å². The highest BCUT2D eigenvalue weighted by atomic mass is 19.3. The number of alkyl halides is 2. The molecule has 0 atom stereocenters. The summed E-state index contributed by atoms with van der Waals surface area (Å²) in [6.45, 7) is 0. The van der Waals surface area contributed by atoms with Crippen molar-refractivity contribution < 1.29 is 23.0 Å². The third-order valence-corrected chi connectivity index (χ3v) is 4.65. The van der Waals surface area contributed by atoms with E-state index >= 15 is 0 Å².